The molecule has 2 aromatic carbocycles. The molecular formula is C27H21F3N4O4. The van der Waals surface area contributed by atoms with Gasteiger partial charge in [0.05, 0.1) is 22.1 Å². The number of Topliss-reactive ketones (excluding diaryl/α,β-unsaturated/α-hetero) is 1. The summed E-state index contributed by atoms with van der Waals surface area (Å²) in [7, 11) is 0. The number of aromatic nitrogens is 1. The minimum atomic E-state index is -4.71. The lowest BCUT2D eigenvalue weighted by molar-refractivity contribution is -0.384. The zero-order chi connectivity index (χ0) is 26.8. The highest BCUT2D eigenvalue weighted by Crippen LogP contribution is 2.62. The highest BCUT2D eigenvalue weighted by Gasteiger charge is 2.69. The number of amides is 1. The van der Waals surface area contributed by atoms with E-state index in [0.29, 0.717) is 24.9 Å². The van der Waals surface area contributed by atoms with Crippen LogP contribution in [0.5, 0.6) is 0 Å². The van der Waals surface area contributed by atoms with Crippen LogP contribution in [0.3, 0.4) is 0 Å². The number of benzene rings is 2. The van der Waals surface area contributed by atoms with E-state index in [9.17, 15) is 32.9 Å². The Labute approximate surface area is 214 Å². The average Bonchev–Trinajstić information content (AvgIpc) is 3.56. The average molecular weight is 522 g/mol. The Bertz CT molecular complexity index is 1460. The van der Waals surface area contributed by atoms with Gasteiger partial charge in [-0.15, -0.1) is 0 Å². The van der Waals surface area contributed by atoms with Gasteiger partial charge in [-0.2, -0.15) is 13.2 Å². The number of nitro groups is 1. The van der Waals surface area contributed by atoms with Gasteiger partial charge < -0.3 is 5.32 Å². The molecule has 1 spiro atoms. The van der Waals surface area contributed by atoms with Crippen LogP contribution in [0.1, 0.15) is 45.8 Å². The molecule has 6 rings (SSSR count). The van der Waals surface area contributed by atoms with Crippen molar-refractivity contribution < 1.29 is 27.7 Å². The van der Waals surface area contributed by atoms with Gasteiger partial charge in [0, 0.05) is 47.6 Å². The first-order valence-corrected chi connectivity index (χ1v) is 12.1. The van der Waals surface area contributed by atoms with Gasteiger partial charge in [0.25, 0.3) is 5.69 Å². The molecule has 3 aliphatic heterocycles. The zero-order valence-corrected chi connectivity index (χ0v) is 19.8. The standard InChI is InChI=1S/C27H21F3N4O4/c28-27(29,30)19-6-1-5-18-23(19)32-25(36)26(18)22(24(35)16-4-2-12-31-14-16)21(20-7-3-13-33(20)26)15-8-10-17(11-9-15)34(37)38/h1-2,4-6,8-12,14,20-22H,3,7,13H2,(H,32,36)/t20?,21?,22?,26-/m1/s1. The molecule has 2 saturated heterocycles. The van der Waals surface area contributed by atoms with Gasteiger partial charge in [-0.05, 0) is 43.1 Å². The summed E-state index contributed by atoms with van der Waals surface area (Å²) in [5.74, 6) is -2.79. The van der Waals surface area contributed by atoms with Gasteiger partial charge in [0.1, 0.15) is 5.54 Å². The summed E-state index contributed by atoms with van der Waals surface area (Å²) in [6.45, 7) is 0.411. The normalized spacial score (nSPS) is 26.3. The summed E-state index contributed by atoms with van der Waals surface area (Å²) < 4.78 is 42.0. The monoisotopic (exact) mass is 522 g/mol. The predicted molar refractivity (Wildman–Crippen MR) is 129 cm³/mol. The molecule has 38 heavy (non-hydrogen) atoms. The number of hydrogen-bond donors (Lipinski definition) is 1. The molecule has 0 bridgehead atoms. The minimum absolute atomic E-state index is 0.121. The summed E-state index contributed by atoms with van der Waals surface area (Å²) >= 11 is 0. The molecule has 1 amide bonds. The number of nitro benzene ring substituents is 1. The van der Waals surface area contributed by atoms with Crippen LogP contribution in [-0.2, 0) is 16.5 Å². The van der Waals surface area contributed by atoms with E-state index in [1.807, 2.05) is 4.90 Å². The fourth-order valence-electron chi connectivity index (χ4n) is 6.70. The number of carbonyl (C=O) groups is 2. The summed E-state index contributed by atoms with van der Waals surface area (Å²) in [4.78, 5) is 44.9. The first-order chi connectivity index (χ1) is 18.2. The van der Waals surface area contributed by atoms with E-state index < -0.39 is 45.7 Å². The molecule has 4 atom stereocenters. The first-order valence-electron chi connectivity index (χ1n) is 12.1. The van der Waals surface area contributed by atoms with Crippen molar-refractivity contribution >= 4 is 23.1 Å². The van der Waals surface area contributed by atoms with E-state index in [4.69, 9.17) is 0 Å². The molecule has 3 aromatic rings. The van der Waals surface area contributed by atoms with Crippen molar-refractivity contribution in [3.63, 3.8) is 0 Å². The highest BCUT2D eigenvalue weighted by molar-refractivity contribution is 6.13. The fourth-order valence-corrected chi connectivity index (χ4v) is 6.70. The van der Waals surface area contributed by atoms with Crippen molar-refractivity contribution in [2.45, 2.75) is 36.5 Å². The smallest absolute Gasteiger partial charge is 0.323 e. The van der Waals surface area contributed by atoms with E-state index in [-0.39, 0.29) is 28.5 Å². The van der Waals surface area contributed by atoms with E-state index in [2.05, 4.69) is 10.3 Å². The number of non-ortho nitro benzene ring substituents is 1. The first kappa shape index (κ1) is 24.2. The van der Waals surface area contributed by atoms with Gasteiger partial charge in [0.15, 0.2) is 5.78 Å². The third-order valence-corrected chi connectivity index (χ3v) is 8.06. The molecule has 11 heteroatoms. The molecule has 0 radical (unpaired) electrons. The van der Waals surface area contributed by atoms with Crippen LogP contribution in [0.2, 0.25) is 0 Å². The maximum Gasteiger partial charge on any atom is 0.418 e. The Morgan fingerprint density at radius 3 is 2.55 bits per heavy atom. The molecule has 4 heterocycles. The highest BCUT2D eigenvalue weighted by atomic mass is 19.4. The Morgan fingerprint density at radius 1 is 1.13 bits per heavy atom. The topological polar surface area (TPSA) is 105 Å². The number of ketones is 1. The van der Waals surface area contributed by atoms with Crippen LogP contribution in [0, 0.1) is 16.0 Å². The fraction of sp³-hybridized carbons (Fsp3) is 0.296. The number of anilines is 1. The number of nitrogens with one attached hydrogen (secondary N) is 1. The molecule has 3 aliphatic rings. The molecule has 1 aromatic heterocycles. The van der Waals surface area contributed by atoms with Crippen molar-refractivity contribution in [2.24, 2.45) is 5.92 Å². The Balaban J connectivity index is 1.61. The van der Waals surface area contributed by atoms with E-state index >= 15 is 0 Å². The van der Waals surface area contributed by atoms with Crippen LogP contribution >= 0.6 is 0 Å². The molecule has 194 valence electrons. The second kappa shape index (κ2) is 8.45. The molecule has 8 nitrogen and oxygen atoms in total. The van der Waals surface area contributed by atoms with Crippen LogP contribution in [0.4, 0.5) is 24.5 Å². The second-order valence-corrected chi connectivity index (χ2v) is 9.81. The lowest BCUT2D eigenvalue weighted by Gasteiger charge is -2.37. The largest absolute Gasteiger partial charge is 0.418 e. The third kappa shape index (κ3) is 3.31. The lowest BCUT2D eigenvalue weighted by Crippen LogP contribution is -2.52. The molecule has 0 saturated carbocycles. The van der Waals surface area contributed by atoms with E-state index in [1.165, 1.54) is 36.7 Å². The van der Waals surface area contributed by atoms with Gasteiger partial charge in [-0.25, -0.2) is 0 Å². The maximum atomic E-state index is 14.3. The predicted octanol–water partition coefficient (Wildman–Crippen LogP) is 4.92. The van der Waals surface area contributed by atoms with Crippen molar-refractivity contribution in [3.8, 4) is 0 Å². The Hall–Kier alpha value is -4.12. The Morgan fingerprint density at radius 2 is 1.89 bits per heavy atom. The van der Waals surface area contributed by atoms with Crippen molar-refractivity contribution in [3.05, 3.63) is 99.4 Å². The number of para-hydroxylation sites is 1. The van der Waals surface area contributed by atoms with Crippen molar-refractivity contribution in [2.75, 3.05) is 11.9 Å². The van der Waals surface area contributed by atoms with E-state index in [1.54, 1.807) is 24.3 Å². The summed E-state index contributed by atoms with van der Waals surface area (Å²) in [5, 5.41) is 13.8. The van der Waals surface area contributed by atoms with Crippen LogP contribution in [-0.4, -0.2) is 39.1 Å². The quantitative estimate of drug-likeness (QED) is 0.296. The molecule has 1 N–H and O–H groups in total. The second-order valence-electron chi connectivity index (χ2n) is 9.81. The Kier molecular flexibility index (Phi) is 5.39. The van der Waals surface area contributed by atoms with Crippen molar-refractivity contribution in [1.29, 1.82) is 0 Å². The molecular weight excluding hydrogens is 501 g/mol. The van der Waals surface area contributed by atoms with Crippen LogP contribution in [0.15, 0.2) is 67.0 Å². The number of rotatable bonds is 4. The number of halogens is 3. The van der Waals surface area contributed by atoms with Crippen LogP contribution < -0.4 is 5.32 Å². The van der Waals surface area contributed by atoms with Gasteiger partial charge in [-0.3, -0.25) is 29.6 Å². The number of carbonyl (C=O) groups excluding carboxylic acids is 2. The number of hydrogen-bond acceptors (Lipinski definition) is 6. The summed E-state index contributed by atoms with van der Waals surface area (Å²) in [6.07, 6.45) is -0.534. The SMILES string of the molecule is O=C(c1cccnc1)C1C(c2ccc([N+](=O)[O-])cc2)C2CCCN2[C@@]12C(=O)Nc1c(C(F)(F)F)cccc12. The maximum absolute atomic E-state index is 14.3. The number of nitrogens with zero attached hydrogens (tertiary/aromatic N) is 3. The molecule has 0 aliphatic carbocycles. The molecule has 3 unspecified atom stereocenters. The number of fused-ring (bicyclic) bond motifs is 4. The zero-order valence-electron chi connectivity index (χ0n) is 19.8. The summed E-state index contributed by atoms with van der Waals surface area (Å²) in [6, 6.07) is 12.3. The molecule has 2 fully saturated rings. The lowest BCUT2D eigenvalue weighted by atomic mass is 9.68. The van der Waals surface area contributed by atoms with Gasteiger partial charge in [-0.1, -0.05) is 24.3 Å². The van der Waals surface area contributed by atoms with Gasteiger partial charge >= 0.3 is 6.18 Å². The number of alkyl halides is 3. The number of pyridine rings is 1. The van der Waals surface area contributed by atoms with Crippen LogP contribution in [0.25, 0.3) is 0 Å². The minimum Gasteiger partial charge on any atom is -0.323 e. The van der Waals surface area contributed by atoms with E-state index in [0.717, 1.165) is 6.07 Å². The van der Waals surface area contributed by atoms with Gasteiger partial charge in [0.2, 0.25) is 5.91 Å². The van der Waals surface area contributed by atoms with Crippen molar-refractivity contribution in [1.82, 2.24) is 9.88 Å². The third-order valence-electron chi connectivity index (χ3n) is 8.06. The summed E-state index contributed by atoms with van der Waals surface area (Å²) in [5.41, 5.74) is -2.14.